The van der Waals surface area contributed by atoms with Crippen LogP contribution in [0.2, 0.25) is 0 Å². The highest BCUT2D eigenvalue weighted by Gasteiger charge is 2.39. The second-order valence-corrected chi connectivity index (χ2v) is 3.90. The van der Waals surface area contributed by atoms with Gasteiger partial charge in [0.05, 0.1) is 0 Å². The SMILES string of the molecule is C#CC(O)(c1ccccc1)C1CCC1. The van der Waals surface area contributed by atoms with E-state index in [1.54, 1.807) is 0 Å². The maximum absolute atomic E-state index is 10.4. The number of hydrogen-bond donors (Lipinski definition) is 1. The maximum atomic E-state index is 10.4. The minimum Gasteiger partial charge on any atom is -0.373 e. The van der Waals surface area contributed by atoms with Gasteiger partial charge in [0, 0.05) is 5.92 Å². The first kappa shape index (κ1) is 9.30. The fourth-order valence-corrected chi connectivity index (χ4v) is 1.96. The highest BCUT2D eigenvalue weighted by atomic mass is 16.3. The Hall–Kier alpha value is -1.26. The summed E-state index contributed by atoms with van der Waals surface area (Å²) in [5.41, 5.74) is -0.188. The molecule has 1 aromatic carbocycles. The molecular formula is C13H14O. The molecule has 0 amide bonds. The van der Waals surface area contributed by atoms with Gasteiger partial charge in [0.15, 0.2) is 5.60 Å². The van der Waals surface area contributed by atoms with Crippen LogP contribution in [0.3, 0.4) is 0 Å². The minimum absolute atomic E-state index is 0.245. The molecule has 1 aromatic rings. The zero-order valence-corrected chi connectivity index (χ0v) is 8.11. The van der Waals surface area contributed by atoms with E-state index in [9.17, 15) is 5.11 Å². The van der Waals surface area contributed by atoms with Crippen molar-refractivity contribution in [1.82, 2.24) is 0 Å². The van der Waals surface area contributed by atoms with Gasteiger partial charge in [0.25, 0.3) is 0 Å². The molecule has 0 saturated heterocycles. The van der Waals surface area contributed by atoms with Crippen LogP contribution in [-0.4, -0.2) is 5.11 Å². The maximum Gasteiger partial charge on any atom is 0.153 e. The molecule has 14 heavy (non-hydrogen) atoms. The molecule has 1 heteroatoms. The van der Waals surface area contributed by atoms with Gasteiger partial charge >= 0.3 is 0 Å². The molecule has 1 N–H and O–H groups in total. The van der Waals surface area contributed by atoms with Gasteiger partial charge in [-0.1, -0.05) is 42.7 Å². The van der Waals surface area contributed by atoms with Crippen molar-refractivity contribution in [2.75, 3.05) is 0 Å². The summed E-state index contributed by atoms with van der Waals surface area (Å²) in [5, 5.41) is 10.4. The van der Waals surface area contributed by atoms with E-state index in [0.717, 1.165) is 18.4 Å². The Kier molecular flexibility index (Phi) is 2.31. The molecule has 2 rings (SSSR count). The quantitative estimate of drug-likeness (QED) is 0.703. The van der Waals surface area contributed by atoms with Crippen molar-refractivity contribution < 1.29 is 5.11 Å². The number of benzene rings is 1. The Balaban J connectivity index is 2.33. The van der Waals surface area contributed by atoms with Crippen molar-refractivity contribution in [3.8, 4) is 12.3 Å². The third-order valence-corrected chi connectivity index (χ3v) is 3.13. The lowest BCUT2D eigenvalue weighted by Gasteiger charge is -2.38. The first-order valence-electron chi connectivity index (χ1n) is 5.03. The van der Waals surface area contributed by atoms with Crippen molar-refractivity contribution in [2.24, 2.45) is 5.92 Å². The zero-order valence-electron chi connectivity index (χ0n) is 8.11. The topological polar surface area (TPSA) is 20.2 Å². The fraction of sp³-hybridized carbons (Fsp3) is 0.385. The fourth-order valence-electron chi connectivity index (χ4n) is 1.96. The van der Waals surface area contributed by atoms with Crippen LogP contribution in [0.15, 0.2) is 30.3 Å². The molecule has 1 aliphatic carbocycles. The molecule has 1 fully saturated rings. The second-order valence-electron chi connectivity index (χ2n) is 3.90. The van der Waals surface area contributed by atoms with E-state index in [1.165, 1.54) is 6.42 Å². The summed E-state index contributed by atoms with van der Waals surface area (Å²) in [6, 6.07) is 9.56. The minimum atomic E-state index is -1.04. The first-order valence-corrected chi connectivity index (χ1v) is 5.03. The van der Waals surface area contributed by atoms with Crippen molar-refractivity contribution in [1.29, 1.82) is 0 Å². The standard InChI is InChI=1S/C13H14O/c1-2-13(14,12-9-6-10-12)11-7-4-3-5-8-11/h1,3-5,7-8,12,14H,6,9-10H2. The van der Waals surface area contributed by atoms with Crippen LogP contribution < -0.4 is 0 Å². The molecule has 1 nitrogen and oxygen atoms in total. The van der Waals surface area contributed by atoms with Crippen molar-refractivity contribution in [3.63, 3.8) is 0 Å². The Morgan fingerprint density at radius 1 is 1.29 bits per heavy atom. The molecule has 1 saturated carbocycles. The predicted molar refractivity (Wildman–Crippen MR) is 56.5 cm³/mol. The zero-order chi connectivity index (χ0) is 10.0. The smallest absolute Gasteiger partial charge is 0.153 e. The molecule has 0 radical (unpaired) electrons. The molecular weight excluding hydrogens is 172 g/mol. The third-order valence-electron chi connectivity index (χ3n) is 3.13. The van der Waals surface area contributed by atoms with Crippen LogP contribution in [-0.2, 0) is 5.60 Å². The van der Waals surface area contributed by atoms with Crippen molar-refractivity contribution >= 4 is 0 Å². The Morgan fingerprint density at radius 2 is 1.93 bits per heavy atom. The third kappa shape index (κ3) is 1.32. The number of rotatable bonds is 2. The molecule has 0 aliphatic heterocycles. The molecule has 1 aliphatic rings. The average molecular weight is 186 g/mol. The summed E-state index contributed by atoms with van der Waals surface area (Å²) in [6.07, 6.45) is 8.71. The lowest BCUT2D eigenvalue weighted by molar-refractivity contribution is -0.00392. The predicted octanol–water partition coefficient (Wildman–Crippen LogP) is 2.31. The summed E-state index contributed by atoms with van der Waals surface area (Å²) >= 11 is 0. The van der Waals surface area contributed by atoms with Gasteiger partial charge in [-0.15, -0.1) is 6.42 Å². The highest BCUT2D eigenvalue weighted by molar-refractivity contribution is 5.32. The Labute approximate surface area is 84.8 Å². The van der Waals surface area contributed by atoms with Gasteiger partial charge in [-0.05, 0) is 18.4 Å². The summed E-state index contributed by atoms with van der Waals surface area (Å²) in [5.74, 6) is 2.80. The van der Waals surface area contributed by atoms with Gasteiger partial charge in [0.2, 0.25) is 0 Å². The molecule has 0 spiro atoms. The lowest BCUT2D eigenvalue weighted by atomic mass is 9.70. The summed E-state index contributed by atoms with van der Waals surface area (Å²) in [6.45, 7) is 0. The molecule has 1 unspecified atom stereocenters. The second kappa shape index (κ2) is 3.48. The summed E-state index contributed by atoms with van der Waals surface area (Å²) < 4.78 is 0. The van der Waals surface area contributed by atoms with Crippen LogP contribution >= 0.6 is 0 Å². The lowest BCUT2D eigenvalue weighted by Crippen LogP contribution is -2.37. The van der Waals surface area contributed by atoms with Gasteiger partial charge in [0.1, 0.15) is 0 Å². The number of aliphatic hydroxyl groups is 1. The largest absolute Gasteiger partial charge is 0.373 e. The van der Waals surface area contributed by atoms with Crippen LogP contribution in [0.1, 0.15) is 24.8 Å². The Bertz CT molecular complexity index is 345. The molecule has 0 bridgehead atoms. The highest BCUT2D eigenvalue weighted by Crippen LogP contribution is 2.41. The monoisotopic (exact) mass is 186 g/mol. The van der Waals surface area contributed by atoms with E-state index in [0.29, 0.717) is 0 Å². The van der Waals surface area contributed by atoms with Crippen molar-refractivity contribution in [3.05, 3.63) is 35.9 Å². The molecule has 72 valence electrons. The normalized spacial score (nSPS) is 20.6. The molecule has 0 heterocycles. The van der Waals surface area contributed by atoms with E-state index < -0.39 is 5.60 Å². The van der Waals surface area contributed by atoms with Gasteiger partial charge < -0.3 is 5.11 Å². The van der Waals surface area contributed by atoms with Crippen LogP contribution in [0, 0.1) is 18.3 Å². The van der Waals surface area contributed by atoms with E-state index in [1.807, 2.05) is 30.3 Å². The molecule has 0 aromatic heterocycles. The molecule has 1 atom stereocenters. The first-order chi connectivity index (χ1) is 6.77. The van der Waals surface area contributed by atoms with Crippen LogP contribution in [0.25, 0.3) is 0 Å². The van der Waals surface area contributed by atoms with Crippen LogP contribution in [0.5, 0.6) is 0 Å². The summed E-state index contributed by atoms with van der Waals surface area (Å²) in [7, 11) is 0. The number of hydrogen-bond acceptors (Lipinski definition) is 1. The summed E-state index contributed by atoms with van der Waals surface area (Å²) in [4.78, 5) is 0. The van der Waals surface area contributed by atoms with Gasteiger partial charge in [-0.3, -0.25) is 0 Å². The van der Waals surface area contributed by atoms with E-state index in [4.69, 9.17) is 6.42 Å². The van der Waals surface area contributed by atoms with E-state index >= 15 is 0 Å². The van der Waals surface area contributed by atoms with E-state index in [2.05, 4.69) is 5.92 Å². The van der Waals surface area contributed by atoms with Crippen LogP contribution in [0.4, 0.5) is 0 Å². The van der Waals surface area contributed by atoms with Gasteiger partial charge in [-0.2, -0.15) is 0 Å². The van der Waals surface area contributed by atoms with E-state index in [-0.39, 0.29) is 5.92 Å². The number of terminal acetylenes is 1. The average Bonchev–Trinajstić information content (AvgIpc) is 2.16. The Morgan fingerprint density at radius 3 is 2.36 bits per heavy atom. The van der Waals surface area contributed by atoms with Crippen molar-refractivity contribution in [2.45, 2.75) is 24.9 Å². The van der Waals surface area contributed by atoms with Gasteiger partial charge in [-0.25, -0.2) is 0 Å².